The number of hydrogen-bond acceptors (Lipinski definition) is 3. The van der Waals surface area contributed by atoms with E-state index in [1.807, 2.05) is 0 Å². The van der Waals surface area contributed by atoms with Crippen molar-refractivity contribution in [2.45, 2.75) is 84.8 Å². The lowest BCUT2D eigenvalue weighted by Crippen LogP contribution is -2.60. The van der Waals surface area contributed by atoms with E-state index in [2.05, 4.69) is 75.8 Å². The van der Waals surface area contributed by atoms with Gasteiger partial charge in [-0.15, -0.1) is 6.58 Å². The highest BCUT2D eigenvalue weighted by Crippen LogP contribution is 2.35. The van der Waals surface area contributed by atoms with E-state index in [9.17, 15) is 0 Å². The molecule has 0 aromatic heterocycles. The molecule has 2 aliphatic heterocycles. The number of piperazine rings is 1. The van der Waals surface area contributed by atoms with Gasteiger partial charge in [0.25, 0.3) is 0 Å². The number of hydrogen-bond donors (Lipinski definition) is 0. The fourth-order valence-corrected chi connectivity index (χ4v) is 5.22. The fourth-order valence-electron chi connectivity index (χ4n) is 5.22. The zero-order valence-electron chi connectivity index (χ0n) is 18.7. The van der Waals surface area contributed by atoms with Gasteiger partial charge in [0.05, 0.1) is 0 Å². The molecule has 2 saturated heterocycles. The minimum atomic E-state index is 0.0978. The summed E-state index contributed by atoms with van der Waals surface area (Å²) in [6.45, 7) is 28.2. The number of nitrogens with zero attached hydrogens (tertiary/aromatic N) is 3. The van der Waals surface area contributed by atoms with Gasteiger partial charge in [0.2, 0.25) is 0 Å². The van der Waals surface area contributed by atoms with Crippen LogP contribution in [0.15, 0.2) is 12.7 Å². The summed E-state index contributed by atoms with van der Waals surface area (Å²) in [5, 5.41) is 0. The zero-order valence-corrected chi connectivity index (χ0v) is 18.7. The third-order valence-corrected chi connectivity index (χ3v) is 7.34. The van der Waals surface area contributed by atoms with E-state index in [0.717, 1.165) is 18.3 Å². The van der Waals surface area contributed by atoms with Crippen molar-refractivity contribution in [2.24, 2.45) is 11.8 Å². The first-order valence-corrected chi connectivity index (χ1v) is 11.0. The van der Waals surface area contributed by atoms with Gasteiger partial charge in [-0.3, -0.25) is 14.7 Å². The van der Waals surface area contributed by atoms with Gasteiger partial charge in [0.15, 0.2) is 0 Å². The first-order valence-electron chi connectivity index (χ1n) is 11.0. The number of rotatable bonds is 7. The Bertz CT molecular complexity index is 440. The standard InChI is InChI=1S/C23H45N3/c1-9-23(8,26-12-10-21(11-13-26)19(2)3)18-22(6,7)25-16-14-24(15-17-25)20(4)5/h9,19-21H,1,10-18H2,2-8H3. The van der Waals surface area contributed by atoms with E-state index in [-0.39, 0.29) is 11.1 Å². The summed E-state index contributed by atoms with van der Waals surface area (Å²) in [6.07, 6.45) is 6.08. The Morgan fingerprint density at radius 3 is 1.85 bits per heavy atom. The molecular weight excluding hydrogens is 318 g/mol. The first-order chi connectivity index (χ1) is 12.1. The zero-order chi connectivity index (χ0) is 19.5. The van der Waals surface area contributed by atoms with Crippen molar-refractivity contribution in [1.29, 1.82) is 0 Å². The van der Waals surface area contributed by atoms with Crippen LogP contribution < -0.4 is 0 Å². The van der Waals surface area contributed by atoms with Gasteiger partial charge < -0.3 is 0 Å². The molecule has 0 aliphatic carbocycles. The van der Waals surface area contributed by atoms with Crippen molar-refractivity contribution in [2.75, 3.05) is 39.3 Å². The van der Waals surface area contributed by atoms with Crippen LogP contribution in [-0.2, 0) is 0 Å². The smallest absolute Gasteiger partial charge is 0.0377 e. The van der Waals surface area contributed by atoms with Crippen LogP contribution >= 0.6 is 0 Å². The predicted molar refractivity (Wildman–Crippen MR) is 115 cm³/mol. The second-order valence-electron chi connectivity index (χ2n) is 10.2. The molecule has 1 unspecified atom stereocenters. The summed E-state index contributed by atoms with van der Waals surface area (Å²) in [5.41, 5.74) is 0.307. The largest absolute Gasteiger partial charge is 0.298 e. The van der Waals surface area contributed by atoms with Crippen LogP contribution in [0.4, 0.5) is 0 Å². The quantitative estimate of drug-likeness (QED) is 0.617. The van der Waals surface area contributed by atoms with Crippen molar-refractivity contribution in [3.63, 3.8) is 0 Å². The van der Waals surface area contributed by atoms with E-state index in [1.165, 1.54) is 52.1 Å². The van der Waals surface area contributed by atoms with Crippen LogP contribution in [0.3, 0.4) is 0 Å². The average molecular weight is 364 g/mol. The lowest BCUT2D eigenvalue weighted by Gasteiger charge is -2.51. The Kier molecular flexibility index (Phi) is 7.38. The lowest BCUT2D eigenvalue weighted by atomic mass is 9.79. The lowest BCUT2D eigenvalue weighted by molar-refractivity contribution is -0.00333. The summed E-state index contributed by atoms with van der Waals surface area (Å²) in [6, 6.07) is 0.668. The first kappa shape index (κ1) is 21.9. The number of piperidine rings is 1. The van der Waals surface area contributed by atoms with E-state index >= 15 is 0 Å². The molecule has 0 bridgehead atoms. The SMILES string of the molecule is C=CC(C)(CC(C)(C)N1CCN(C(C)C)CC1)N1CCC(C(C)C)CC1. The molecule has 3 nitrogen and oxygen atoms in total. The van der Waals surface area contributed by atoms with E-state index in [0.29, 0.717) is 6.04 Å². The Labute approximate surface area is 163 Å². The Hall–Kier alpha value is -0.380. The number of likely N-dealkylation sites (tertiary alicyclic amines) is 1. The topological polar surface area (TPSA) is 9.72 Å². The molecule has 2 rings (SSSR count). The van der Waals surface area contributed by atoms with Gasteiger partial charge in [0, 0.05) is 43.3 Å². The van der Waals surface area contributed by atoms with Gasteiger partial charge in [-0.05, 0) is 78.8 Å². The van der Waals surface area contributed by atoms with Gasteiger partial charge in [-0.25, -0.2) is 0 Å². The van der Waals surface area contributed by atoms with Gasteiger partial charge in [-0.2, -0.15) is 0 Å². The third-order valence-electron chi connectivity index (χ3n) is 7.34. The maximum atomic E-state index is 4.26. The van der Waals surface area contributed by atoms with Gasteiger partial charge in [0.1, 0.15) is 0 Å². The fraction of sp³-hybridized carbons (Fsp3) is 0.913. The van der Waals surface area contributed by atoms with Gasteiger partial charge >= 0.3 is 0 Å². The summed E-state index contributed by atoms with van der Waals surface area (Å²) < 4.78 is 0. The van der Waals surface area contributed by atoms with Crippen LogP contribution in [0.2, 0.25) is 0 Å². The van der Waals surface area contributed by atoms with Crippen LogP contribution in [0.1, 0.15) is 67.7 Å². The highest BCUT2D eigenvalue weighted by atomic mass is 15.3. The monoisotopic (exact) mass is 363 g/mol. The molecule has 26 heavy (non-hydrogen) atoms. The highest BCUT2D eigenvalue weighted by Gasteiger charge is 2.40. The van der Waals surface area contributed by atoms with Crippen LogP contribution in [0, 0.1) is 11.8 Å². The molecule has 1 atom stereocenters. The highest BCUT2D eigenvalue weighted by molar-refractivity contribution is 5.07. The van der Waals surface area contributed by atoms with Crippen molar-refractivity contribution in [1.82, 2.24) is 14.7 Å². The van der Waals surface area contributed by atoms with E-state index in [4.69, 9.17) is 0 Å². The molecule has 2 heterocycles. The Morgan fingerprint density at radius 1 is 0.885 bits per heavy atom. The second-order valence-corrected chi connectivity index (χ2v) is 10.2. The Morgan fingerprint density at radius 2 is 1.42 bits per heavy atom. The molecule has 3 heteroatoms. The summed E-state index contributed by atoms with van der Waals surface area (Å²) in [7, 11) is 0. The maximum Gasteiger partial charge on any atom is 0.0377 e. The molecule has 0 saturated carbocycles. The predicted octanol–water partition coefficient (Wildman–Crippen LogP) is 4.49. The molecule has 0 spiro atoms. The molecule has 0 radical (unpaired) electrons. The molecule has 0 aromatic carbocycles. The minimum Gasteiger partial charge on any atom is -0.298 e. The third kappa shape index (κ3) is 5.11. The van der Waals surface area contributed by atoms with Crippen molar-refractivity contribution in [3.05, 3.63) is 12.7 Å². The normalized spacial score (nSPS) is 25.0. The summed E-state index contributed by atoms with van der Waals surface area (Å²) >= 11 is 0. The molecule has 0 amide bonds. The molecule has 152 valence electrons. The van der Waals surface area contributed by atoms with Crippen LogP contribution in [0.25, 0.3) is 0 Å². The van der Waals surface area contributed by atoms with Crippen molar-refractivity contribution in [3.8, 4) is 0 Å². The average Bonchev–Trinajstić information content (AvgIpc) is 2.61. The minimum absolute atomic E-state index is 0.0978. The van der Waals surface area contributed by atoms with Crippen LogP contribution in [0.5, 0.6) is 0 Å². The molecule has 2 fully saturated rings. The summed E-state index contributed by atoms with van der Waals surface area (Å²) in [4.78, 5) is 8.04. The van der Waals surface area contributed by atoms with E-state index in [1.54, 1.807) is 0 Å². The molecular formula is C23H45N3. The molecule has 0 aromatic rings. The summed E-state index contributed by atoms with van der Waals surface area (Å²) in [5.74, 6) is 1.72. The van der Waals surface area contributed by atoms with Crippen molar-refractivity contribution < 1.29 is 0 Å². The molecule has 2 aliphatic rings. The van der Waals surface area contributed by atoms with Crippen molar-refractivity contribution >= 4 is 0 Å². The van der Waals surface area contributed by atoms with Gasteiger partial charge in [-0.1, -0.05) is 19.9 Å². The second kappa shape index (κ2) is 8.75. The van der Waals surface area contributed by atoms with Crippen LogP contribution in [-0.4, -0.2) is 71.1 Å². The van der Waals surface area contributed by atoms with E-state index < -0.39 is 0 Å². The Balaban J connectivity index is 1.98. The maximum absolute atomic E-state index is 4.26. The molecule has 0 N–H and O–H groups in total.